The lowest BCUT2D eigenvalue weighted by Crippen LogP contribution is -2.46. The Bertz CT molecular complexity index is 117. The second kappa shape index (κ2) is 3.77. The molecule has 0 spiro atoms. The monoisotopic (exact) mass is 175 g/mol. The molecule has 0 radical (unpaired) electrons. The molecule has 0 unspecified atom stereocenters. The molecule has 0 aromatic heterocycles. The third kappa shape index (κ3) is 3.00. The topological polar surface area (TPSA) is 12.0 Å². The van der Waals surface area contributed by atoms with Crippen molar-refractivity contribution in [2.45, 2.75) is 51.1 Å². The van der Waals surface area contributed by atoms with E-state index in [1.54, 1.807) is 0 Å². The van der Waals surface area contributed by atoms with E-state index in [2.05, 4.69) is 19.2 Å². The highest BCUT2D eigenvalue weighted by molar-refractivity contribution is 6.18. The first-order valence-corrected chi connectivity index (χ1v) is 5.01. The fraction of sp³-hybridized carbons (Fsp3) is 1.00. The smallest absolute Gasteiger partial charge is 0.0400 e. The molecule has 1 rings (SSSR count). The summed E-state index contributed by atoms with van der Waals surface area (Å²) >= 11 is 5.81. The maximum atomic E-state index is 5.81. The van der Waals surface area contributed by atoms with Gasteiger partial charge < -0.3 is 5.32 Å². The van der Waals surface area contributed by atoms with Crippen LogP contribution in [-0.4, -0.2) is 17.5 Å². The van der Waals surface area contributed by atoms with Crippen LogP contribution in [0.3, 0.4) is 0 Å². The van der Waals surface area contributed by atoms with Crippen molar-refractivity contribution in [2.24, 2.45) is 0 Å². The molecule has 1 aliphatic carbocycles. The minimum absolute atomic E-state index is 0.122. The van der Waals surface area contributed by atoms with Gasteiger partial charge in [0.2, 0.25) is 0 Å². The van der Waals surface area contributed by atoms with Gasteiger partial charge in [-0.2, -0.15) is 0 Å². The summed E-state index contributed by atoms with van der Waals surface area (Å²) in [7, 11) is 0. The molecule has 2 heteroatoms. The van der Waals surface area contributed by atoms with Gasteiger partial charge in [-0.15, -0.1) is 11.6 Å². The Hall–Kier alpha value is 0.250. The van der Waals surface area contributed by atoms with Gasteiger partial charge in [0.1, 0.15) is 0 Å². The summed E-state index contributed by atoms with van der Waals surface area (Å²) in [5.41, 5.74) is 0.122. The lowest BCUT2D eigenvalue weighted by Gasteiger charge is -2.27. The summed E-state index contributed by atoms with van der Waals surface area (Å²) in [5, 5.41) is 3.57. The van der Waals surface area contributed by atoms with Crippen molar-refractivity contribution in [1.82, 2.24) is 5.32 Å². The fourth-order valence-electron chi connectivity index (χ4n) is 1.66. The van der Waals surface area contributed by atoms with E-state index in [1.165, 1.54) is 25.7 Å². The van der Waals surface area contributed by atoms with Crippen molar-refractivity contribution in [1.29, 1.82) is 0 Å². The van der Waals surface area contributed by atoms with E-state index < -0.39 is 0 Å². The molecule has 1 N–H and O–H groups in total. The molecule has 11 heavy (non-hydrogen) atoms. The average molecular weight is 176 g/mol. The number of hydrogen-bond acceptors (Lipinski definition) is 1. The van der Waals surface area contributed by atoms with Crippen LogP contribution in [0.1, 0.15) is 39.5 Å². The van der Waals surface area contributed by atoms with Gasteiger partial charge in [0.25, 0.3) is 0 Å². The molecule has 0 heterocycles. The van der Waals surface area contributed by atoms with E-state index in [-0.39, 0.29) is 5.54 Å². The first-order valence-electron chi connectivity index (χ1n) is 4.48. The Labute approximate surface area is 74.5 Å². The predicted molar refractivity (Wildman–Crippen MR) is 50.2 cm³/mol. The molecule has 1 fully saturated rings. The second-order valence-corrected chi connectivity index (χ2v) is 4.41. The second-order valence-electron chi connectivity index (χ2n) is 4.14. The number of hydrogen-bond donors (Lipinski definition) is 1. The normalized spacial score (nSPS) is 21.0. The first kappa shape index (κ1) is 9.34. The number of rotatable bonds is 3. The van der Waals surface area contributed by atoms with Crippen LogP contribution >= 0.6 is 11.6 Å². The van der Waals surface area contributed by atoms with Crippen LogP contribution in [0.4, 0.5) is 0 Å². The van der Waals surface area contributed by atoms with Gasteiger partial charge in [0, 0.05) is 17.5 Å². The maximum Gasteiger partial charge on any atom is 0.0400 e. The maximum absolute atomic E-state index is 5.81. The number of nitrogens with one attached hydrogen (secondary N) is 1. The molecule has 0 amide bonds. The van der Waals surface area contributed by atoms with Crippen LogP contribution in [0, 0.1) is 0 Å². The van der Waals surface area contributed by atoms with Crippen LogP contribution in [-0.2, 0) is 0 Å². The molecule has 0 aliphatic heterocycles. The van der Waals surface area contributed by atoms with Crippen molar-refractivity contribution in [3.63, 3.8) is 0 Å². The van der Waals surface area contributed by atoms with Crippen LogP contribution in [0.2, 0.25) is 0 Å². The molecule has 1 nitrogen and oxygen atoms in total. The lowest BCUT2D eigenvalue weighted by molar-refractivity contribution is 0.365. The third-order valence-corrected chi connectivity index (χ3v) is 2.95. The highest BCUT2D eigenvalue weighted by Crippen LogP contribution is 2.20. The Balaban J connectivity index is 2.28. The van der Waals surface area contributed by atoms with E-state index in [0.717, 1.165) is 6.04 Å². The Morgan fingerprint density at radius 3 is 2.36 bits per heavy atom. The van der Waals surface area contributed by atoms with Gasteiger partial charge in [-0.3, -0.25) is 0 Å². The predicted octanol–water partition coefficient (Wildman–Crippen LogP) is 2.54. The SMILES string of the molecule is CC(C)(CCl)NC1CCCC1. The standard InChI is InChI=1S/C9H18ClN/c1-9(2,7-10)11-8-5-3-4-6-8/h8,11H,3-7H2,1-2H3. The quantitative estimate of drug-likeness (QED) is 0.651. The summed E-state index contributed by atoms with van der Waals surface area (Å²) in [6.07, 6.45) is 5.44. The summed E-state index contributed by atoms with van der Waals surface area (Å²) in [5.74, 6) is 0.698. The van der Waals surface area contributed by atoms with Crippen molar-refractivity contribution in [3.05, 3.63) is 0 Å². The minimum atomic E-state index is 0.122. The minimum Gasteiger partial charge on any atom is -0.308 e. The van der Waals surface area contributed by atoms with E-state index in [1.807, 2.05) is 0 Å². The van der Waals surface area contributed by atoms with Crippen LogP contribution in [0.15, 0.2) is 0 Å². The van der Waals surface area contributed by atoms with Gasteiger partial charge in [0.15, 0.2) is 0 Å². The summed E-state index contributed by atoms with van der Waals surface area (Å²) in [6, 6.07) is 0.726. The van der Waals surface area contributed by atoms with E-state index >= 15 is 0 Å². The van der Waals surface area contributed by atoms with Gasteiger partial charge in [-0.05, 0) is 26.7 Å². The molecule has 0 atom stereocenters. The zero-order valence-corrected chi connectivity index (χ0v) is 8.25. The van der Waals surface area contributed by atoms with E-state index in [4.69, 9.17) is 11.6 Å². The average Bonchev–Trinajstić information content (AvgIpc) is 2.39. The van der Waals surface area contributed by atoms with Gasteiger partial charge in [-0.1, -0.05) is 12.8 Å². The van der Waals surface area contributed by atoms with Crippen LogP contribution in [0.25, 0.3) is 0 Å². The Kier molecular flexibility index (Phi) is 3.20. The summed E-state index contributed by atoms with van der Waals surface area (Å²) in [4.78, 5) is 0. The van der Waals surface area contributed by atoms with E-state index in [0.29, 0.717) is 5.88 Å². The number of alkyl halides is 1. The molecule has 0 aromatic carbocycles. The van der Waals surface area contributed by atoms with Crippen LogP contribution in [0.5, 0.6) is 0 Å². The van der Waals surface area contributed by atoms with Crippen LogP contribution < -0.4 is 5.32 Å². The summed E-state index contributed by atoms with van der Waals surface area (Å²) < 4.78 is 0. The highest BCUT2D eigenvalue weighted by Gasteiger charge is 2.23. The third-order valence-electron chi connectivity index (χ3n) is 2.28. The largest absolute Gasteiger partial charge is 0.308 e. The zero-order valence-electron chi connectivity index (χ0n) is 7.49. The molecule has 0 aromatic rings. The lowest BCUT2D eigenvalue weighted by atomic mass is 10.1. The van der Waals surface area contributed by atoms with Gasteiger partial charge in [-0.25, -0.2) is 0 Å². The summed E-state index contributed by atoms with van der Waals surface area (Å²) in [6.45, 7) is 4.33. The molecule has 1 saturated carbocycles. The Morgan fingerprint density at radius 1 is 1.36 bits per heavy atom. The molecular formula is C9H18ClN. The molecule has 66 valence electrons. The Morgan fingerprint density at radius 2 is 1.91 bits per heavy atom. The van der Waals surface area contributed by atoms with Crippen molar-refractivity contribution in [2.75, 3.05) is 5.88 Å². The van der Waals surface area contributed by atoms with Crippen molar-refractivity contribution < 1.29 is 0 Å². The molecular weight excluding hydrogens is 158 g/mol. The molecule has 0 saturated heterocycles. The fourth-order valence-corrected chi connectivity index (χ4v) is 1.74. The van der Waals surface area contributed by atoms with Crippen molar-refractivity contribution >= 4 is 11.6 Å². The zero-order chi connectivity index (χ0) is 8.32. The molecule has 1 aliphatic rings. The number of halogens is 1. The first-order chi connectivity index (χ1) is 5.14. The van der Waals surface area contributed by atoms with Gasteiger partial charge in [0.05, 0.1) is 0 Å². The van der Waals surface area contributed by atoms with E-state index in [9.17, 15) is 0 Å². The van der Waals surface area contributed by atoms with Crippen molar-refractivity contribution in [3.8, 4) is 0 Å². The molecule has 0 bridgehead atoms. The highest BCUT2D eigenvalue weighted by atomic mass is 35.5. The van der Waals surface area contributed by atoms with Gasteiger partial charge >= 0.3 is 0 Å².